The average Bonchev–Trinajstić information content (AvgIpc) is 2.97. The van der Waals surface area contributed by atoms with Crippen LogP contribution < -0.4 is 4.90 Å². The van der Waals surface area contributed by atoms with Crippen LogP contribution in [0, 0.1) is 6.92 Å². The predicted molar refractivity (Wildman–Crippen MR) is 117 cm³/mol. The maximum Gasteiger partial charge on any atom is 0.270 e. The Balaban J connectivity index is 1.56. The SMILES string of the molecule is CCc1ccc2c(c1)c(C)c(C(=O)N1CCN(c3cccc(Cl)c3)CC1)n2C. The highest BCUT2D eigenvalue weighted by Gasteiger charge is 2.26. The summed E-state index contributed by atoms with van der Waals surface area (Å²) in [4.78, 5) is 17.6. The van der Waals surface area contributed by atoms with E-state index in [0.717, 1.165) is 47.0 Å². The predicted octanol–water partition coefficient (Wildman–Crippen LogP) is 4.66. The summed E-state index contributed by atoms with van der Waals surface area (Å²) in [7, 11) is 2.00. The van der Waals surface area contributed by atoms with Gasteiger partial charge in [-0.05, 0) is 54.8 Å². The Kier molecular flexibility index (Phi) is 5.07. The summed E-state index contributed by atoms with van der Waals surface area (Å²) in [6, 6.07) is 14.4. The zero-order valence-corrected chi connectivity index (χ0v) is 17.5. The number of carbonyl (C=O) groups is 1. The number of amides is 1. The summed E-state index contributed by atoms with van der Waals surface area (Å²) in [5.74, 6) is 0.125. The number of aryl methyl sites for hydroxylation is 3. The fourth-order valence-electron chi connectivity index (χ4n) is 4.19. The molecule has 28 heavy (non-hydrogen) atoms. The molecule has 4 rings (SSSR count). The summed E-state index contributed by atoms with van der Waals surface area (Å²) >= 11 is 6.12. The van der Waals surface area contributed by atoms with Gasteiger partial charge in [-0.25, -0.2) is 0 Å². The van der Waals surface area contributed by atoms with E-state index in [1.165, 1.54) is 10.9 Å². The zero-order valence-electron chi connectivity index (χ0n) is 16.7. The largest absolute Gasteiger partial charge is 0.368 e. The first-order valence-corrected chi connectivity index (χ1v) is 10.2. The number of halogens is 1. The van der Waals surface area contributed by atoms with Crippen molar-refractivity contribution < 1.29 is 4.79 Å². The molecule has 4 nitrogen and oxygen atoms in total. The Morgan fingerprint density at radius 1 is 1.07 bits per heavy atom. The molecule has 0 atom stereocenters. The highest BCUT2D eigenvalue weighted by Crippen LogP contribution is 2.28. The molecule has 0 aliphatic carbocycles. The maximum atomic E-state index is 13.3. The van der Waals surface area contributed by atoms with E-state index in [1.54, 1.807) is 0 Å². The molecule has 1 aromatic heterocycles. The number of anilines is 1. The van der Waals surface area contributed by atoms with Crippen molar-refractivity contribution in [3.05, 3.63) is 64.3 Å². The number of aromatic nitrogens is 1. The topological polar surface area (TPSA) is 28.5 Å². The molecule has 0 unspecified atom stereocenters. The number of hydrogen-bond acceptors (Lipinski definition) is 2. The first kappa shape index (κ1) is 18.9. The number of nitrogens with zero attached hydrogens (tertiary/aromatic N) is 3. The molecular formula is C23H26ClN3O. The van der Waals surface area contributed by atoms with Gasteiger partial charge < -0.3 is 14.4 Å². The van der Waals surface area contributed by atoms with Gasteiger partial charge in [0.15, 0.2) is 0 Å². The van der Waals surface area contributed by atoms with E-state index in [2.05, 4.69) is 47.6 Å². The van der Waals surface area contributed by atoms with Gasteiger partial charge in [0.1, 0.15) is 5.69 Å². The highest BCUT2D eigenvalue weighted by atomic mass is 35.5. The minimum Gasteiger partial charge on any atom is -0.368 e. The van der Waals surface area contributed by atoms with E-state index in [-0.39, 0.29) is 5.91 Å². The number of hydrogen-bond donors (Lipinski definition) is 0. The number of fused-ring (bicyclic) bond motifs is 1. The number of benzene rings is 2. The Morgan fingerprint density at radius 2 is 1.82 bits per heavy atom. The van der Waals surface area contributed by atoms with Crippen LogP contribution >= 0.6 is 11.6 Å². The highest BCUT2D eigenvalue weighted by molar-refractivity contribution is 6.30. The molecular weight excluding hydrogens is 370 g/mol. The normalized spacial score (nSPS) is 14.7. The second-order valence-electron chi connectivity index (χ2n) is 7.50. The van der Waals surface area contributed by atoms with Crippen molar-refractivity contribution in [2.45, 2.75) is 20.3 Å². The summed E-state index contributed by atoms with van der Waals surface area (Å²) in [6.45, 7) is 7.28. The molecule has 2 heterocycles. The van der Waals surface area contributed by atoms with Gasteiger partial charge >= 0.3 is 0 Å². The molecule has 1 saturated heterocycles. The van der Waals surface area contributed by atoms with Crippen LogP contribution in [0.4, 0.5) is 5.69 Å². The van der Waals surface area contributed by atoms with Crippen LogP contribution in [-0.2, 0) is 13.5 Å². The molecule has 0 N–H and O–H groups in total. The third kappa shape index (κ3) is 3.26. The van der Waals surface area contributed by atoms with Crippen molar-refractivity contribution >= 4 is 34.1 Å². The van der Waals surface area contributed by atoms with Gasteiger partial charge in [-0.2, -0.15) is 0 Å². The first-order valence-electron chi connectivity index (χ1n) is 9.87. The van der Waals surface area contributed by atoms with E-state index in [0.29, 0.717) is 13.1 Å². The van der Waals surface area contributed by atoms with Gasteiger partial charge in [-0.1, -0.05) is 30.7 Å². The molecule has 5 heteroatoms. The van der Waals surface area contributed by atoms with Crippen molar-refractivity contribution in [1.29, 1.82) is 0 Å². The average molecular weight is 396 g/mol. The number of rotatable bonds is 3. The van der Waals surface area contributed by atoms with Crippen molar-refractivity contribution in [3.63, 3.8) is 0 Å². The van der Waals surface area contributed by atoms with Crippen molar-refractivity contribution in [3.8, 4) is 0 Å². The Hall–Kier alpha value is -2.46. The van der Waals surface area contributed by atoms with Crippen molar-refractivity contribution in [2.24, 2.45) is 7.05 Å². The first-order chi connectivity index (χ1) is 13.5. The molecule has 1 aliphatic heterocycles. The minimum atomic E-state index is 0.125. The molecule has 1 fully saturated rings. The summed E-state index contributed by atoms with van der Waals surface area (Å²) in [5.41, 5.74) is 5.42. The fourth-order valence-corrected chi connectivity index (χ4v) is 4.37. The molecule has 2 aromatic carbocycles. The molecule has 1 amide bonds. The smallest absolute Gasteiger partial charge is 0.270 e. The lowest BCUT2D eigenvalue weighted by Gasteiger charge is -2.36. The number of carbonyl (C=O) groups excluding carboxylic acids is 1. The van der Waals surface area contributed by atoms with Crippen molar-refractivity contribution in [1.82, 2.24) is 9.47 Å². The lowest BCUT2D eigenvalue weighted by atomic mass is 10.1. The van der Waals surface area contributed by atoms with Crippen LogP contribution in [0.15, 0.2) is 42.5 Å². The molecule has 146 valence electrons. The van der Waals surface area contributed by atoms with Gasteiger partial charge in [-0.3, -0.25) is 4.79 Å². The van der Waals surface area contributed by atoms with Gasteiger partial charge in [-0.15, -0.1) is 0 Å². The van der Waals surface area contributed by atoms with Gasteiger partial charge in [0.25, 0.3) is 5.91 Å². The molecule has 3 aromatic rings. The Bertz CT molecular complexity index is 1030. The number of piperazine rings is 1. The minimum absolute atomic E-state index is 0.125. The summed E-state index contributed by atoms with van der Waals surface area (Å²) < 4.78 is 2.05. The molecule has 1 aliphatic rings. The van der Waals surface area contributed by atoms with E-state index < -0.39 is 0 Å². The quantitative estimate of drug-likeness (QED) is 0.645. The lowest BCUT2D eigenvalue weighted by Crippen LogP contribution is -2.49. The van der Waals surface area contributed by atoms with Gasteiger partial charge in [0.2, 0.25) is 0 Å². The monoisotopic (exact) mass is 395 g/mol. The van der Waals surface area contributed by atoms with Crippen molar-refractivity contribution in [2.75, 3.05) is 31.1 Å². The third-order valence-corrected chi connectivity index (χ3v) is 6.10. The maximum absolute atomic E-state index is 13.3. The van der Waals surface area contributed by atoms with Gasteiger partial charge in [0.05, 0.1) is 0 Å². The molecule has 0 radical (unpaired) electrons. The van der Waals surface area contributed by atoms with Crippen LogP contribution in [0.2, 0.25) is 5.02 Å². The standard InChI is InChI=1S/C23H26ClN3O/c1-4-17-8-9-21-20(14-17)16(2)22(25(21)3)23(28)27-12-10-26(11-13-27)19-7-5-6-18(24)15-19/h5-9,14-15H,4,10-13H2,1-3H3. The van der Waals surface area contributed by atoms with E-state index in [1.807, 2.05) is 30.1 Å². The van der Waals surface area contributed by atoms with E-state index in [9.17, 15) is 4.79 Å². The van der Waals surface area contributed by atoms with Crippen LogP contribution in [0.25, 0.3) is 10.9 Å². The Morgan fingerprint density at radius 3 is 2.50 bits per heavy atom. The van der Waals surface area contributed by atoms with Crippen LogP contribution in [0.3, 0.4) is 0 Å². The Labute approximate surface area is 171 Å². The lowest BCUT2D eigenvalue weighted by molar-refractivity contribution is 0.0737. The second-order valence-corrected chi connectivity index (χ2v) is 7.93. The van der Waals surface area contributed by atoms with Crippen LogP contribution in [0.5, 0.6) is 0 Å². The zero-order chi connectivity index (χ0) is 19.8. The molecule has 0 bridgehead atoms. The summed E-state index contributed by atoms with van der Waals surface area (Å²) in [5, 5.41) is 1.93. The second kappa shape index (κ2) is 7.51. The van der Waals surface area contributed by atoms with Crippen LogP contribution in [-0.4, -0.2) is 41.6 Å². The summed E-state index contributed by atoms with van der Waals surface area (Å²) in [6.07, 6.45) is 0.999. The third-order valence-electron chi connectivity index (χ3n) is 5.87. The molecule has 0 saturated carbocycles. The van der Waals surface area contributed by atoms with Gasteiger partial charge in [0, 0.05) is 54.8 Å². The molecule has 0 spiro atoms. The van der Waals surface area contributed by atoms with E-state index >= 15 is 0 Å². The fraction of sp³-hybridized carbons (Fsp3) is 0.348. The van der Waals surface area contributed by atoms with Crippen LogP contribution in [0.1, 0.15) is 28.5 Å². The van der Waals surface area contributed by atoms with E-state index in [4.69, 9.17) is 11.6 Å².